The fourth-order valence-electron chi connectivity index (χ4n) is 2.07. The number of hydrogen-bond donors (Lipinski definition) is 1. The van der Waals surface area contributed by atoms with Gasteiger partial charge in [-0.1, -0.05) is 6.92 Å². The van der Waals surface area contributed by atoms with Crippen LogP contribution in [-0.2, 0) is 6.18 Å². The monoisotopic (exact) mass is 309 g/mol. The number of thioether (sulfide) groups is 2. The van der Waals surface area contributed by atoms with E-state index in [4.69, 9.17) is 0 Å². The van der Waals surface area contributed by atoms with Gasteiger partial charge in [0.05, 0.1) is 11.7 Å². The van der Waals surface area contributed by atoms with Crippen molar-refractivity contribution in [3.05, 3.63) is 29.6 Å². The quantitative estimate of drug-likeness (QED) is 0.908. The fraction of sp³-hybridized carbons (Fsp3) is 0.583. The molecule has 0 saturated carbocycles. The van der Waals surface area contributed by atoms with Crippen molar-refractivity contribution < 1.29 is 18.3 Å². The van der Waals surface area contributed by atoms with Gasteiger partial charge in [-0.05, 0) is 6.07 Å². The first kappa shape index (κ1) is 15.0. The zero-order chi connectivity index (χ0) is 14.0. The van der Waals surface area contributed by atoms with Crippen molar-refractivity contribution in [1.29, 1.82) is 0 Å². The molecule has 1 saturated heterocycles. The van der Waals surface area contributed by atoms with Gasteiger partial charge in [0.15, 0.2) is 0 Å². The van der Waals surface area contributed by atoms with Gasteiger partial charge in [-0.2, -0.15) is 36.7 Å². The molecule has 7 heteroatoms. The summed E-state index contributed by atoms with van der Waals surface area (Å²) in [6, 6.07) is 0.920. The Kier molecular flexibility index (Phi) is 4.68. The molecular formula is C12H14F3NOS2. The van der Waals surface area contributed by atoms with Gasteiger partial charge in [-0.3, -0.25) is 4.98 Å². The molecule has 2 nitrogen and oxygen atoms in total. The largest absolute Gasteiger partial charge is 0.416 e. The molecule has 1 aliphatic heterocycles. The third-order valence-electron chi connectivity index (χ3n) is 3.02. The van der Waals surface area contributed by atoms with E-state index < -0.39 is 17.8 Å². The summed E-state index contributed by atoms with van der Waals surface area (Å²) >= 11 is 3.21. The molecule has 0 aromatic carbocycles. The molecule has 1 N–H and O–H groups in total. The minimum Gasteiger partial charge on any atom is -0.387 e. The van der Waals surface area contributed by atoms with Gasteiger partial charge in [-0.15, -0.1) is 0 Å². The lowest BCUT2D eigenvalue weighted by molar-refractivity contribution is -0.139. The maximum Gasteiger partial charge on any atom is 0.416 e. The van der Waals surface area contributed by atoms with Crippen molar-refractivity contribution in [2.45, 2.75) is 29.7 Å². The standard InChI is InChI=1S/C12H14F3NOS2/c1-7-11(19-5-4-18-7)10(17)8-6-16-3-2-9(8)12(13,14)15/h2-3,6-7,10-11,17H,4-5H2,1H3. The molecule has 3 unspecified atom stereocenters. The highest BCUT2D eigenvalue weighted by molar-refractivity contribution is 8.07. The minimum absolute atomic E-state index is 0.120. The van der Waals surface area contributed by atoms with Crippen LogP contribution < -0.4 is 0 Å². The van der Waals surface area contributed by atoms with Crippen molar-refractivity contribution in [2.24, 2.45) is 0 Å². The summed E-state index contributed by atoms with van der Waals surface area (Å²) in [6.07, 6.45) is -3.38. The predicted molar refractivity (Wildman–Crippen MR) is 72.4 cm³/mol. The van der Waals surface area contributed by atoms with Crippen LogP contribution in [0.3, 0.4) is 0 Å². The average Bonchev–Trinajstić information content (AvgIpc) is 2.37. The molecule has 1 aliphatic rings. The highest BCUT2D eigenvalue weighted by Gasteiger charge is 2.38. The zero-order valence-electron chi connectivity index (χ0n) is 10.2. The average molecular weight is 309 g/mol. The van der Waals surface area contributed by atoms with E-state index in [2.05, 4.69) is 4.98 Å². The Balaban J connectivity index is 2.30. The van der Waals surface area contributed by atoms with Crippen LogP contribution in [-0.4, -0.2) is 32.1 Å². The summed E-state index contributed by atoms with van der Waals surface area (Å²) in [6.45, 7) is 1.94. The van der Waals surface area contributed by atoms with Crippen molar-refractivity contribution in [2.75, 3.05) is 11.5 Å². The van der Waals surface area contributed by atoms with Crippen molar-refractivity contribution in [3.8, 4) is 0 Å². The topological polar surface area (TPSA) is 33.1 Å². The van der Waals surface area contributed by atoms with Gasteiger partial charge < -0.3 is 5.11 Å². The molecule has 1 aromatic heterocycles. The summed E-state index contributed by atoms with van der Waals surface area (Å²) in [7, 11) is 0. The second kappa shape index (κ2) is 5.93. The molecule has 106 valence electrons. The summed E-state index contributed by atoms with van der Waals surface area (Å²) in [4.78, 5) is 3.72. The Hall–Kier alpha value is -0.400. The minimum atomic E-state index is -4.46. The maximum absolute atomic E-state index is 12.9. The molecule has 2 rings (SSSR count). The lowest BCUT2D eigenvalue weighted by Crippen LogP contribution is -2.30. The highest BCUT2D eigenvalue weighted by atomic mass is 32.2. The van der Waals surface area contributed by atoms with Crippen LogP contribution >= 0.6 is 23.5 Å². The van der Waals surface area contributed by atoms with Crippen LogP contribution in [0.15, 0.2) is 18.5 Å². The van der Waals surface area contributed by atoms with Crippen molar-refractivity contribution in [1.82, 2.24) is 4.98 Å². The Bertz CT molecular complexity index is 441. The summed E-state index contributed by atoms with van der Waals surface area (Å²) in [5.41, 5.74) is -0.916. The first-order chi connectivity index (χ1) is 8.91. The third kappa shape index (κ3) is 3.38. The number of pyridine rings is 1. The SMILES string of the molecule is CC1SCCSC1C(O)c1cnccc1C(F)(F)F. The van der Waals surface area contributed by atoms with Crippen LogP contribution in [0.2, 0.25) is 0 Å². The smallest absolute Gasteiger partial charge is 0.387 e. The molecule has 0 bridgehead atoms. The zero-order valence-corrected chi connectivity index (χ0v) is 11.9. The van der Waals surface area contributed by atoms with Crippen LogP contribution in [0.25, 0.3) is 0 Å². The molecule has 0 spiro atoms. The van der Waals surface area contributed by atoms with E-state index in [1.807, 2.05) is 6.92 Å². The van der Waals surface area contributed by atoms with Gasteiger partial charge in [0.2, 0.25) is 0 Å². The van der Waals surface area contributed by atoms with Crippen LogP contribution in [0.5, 0.6) is 0 Å². The van der Waals surface area contributed by atoms with E-state index in [9.17, 15) is 18.3 Å². The molecule has 2 heterocycles. The van der Waals surface area contributed by atoms with E-state index in [0.29, 0.717) is 0 Å². The first-order valence-electron chi connectivity index (χ1n) is 5.83. The summed E-state index contributed by atoms with van der Waals surface area (Å²) < 4.78 is 38.8. The van der Waals surface area contributed by atoms with Crippen LogP contribution in [0.4, 0.5) is 13.2 Å². The van der Waals surface area contributed by atoms with Crippen molar-refractivity contribution >= 4 is 23.5 Å². The number of nitrogens with zero attached hydrogens (tertiary/aromatic N) is 1. The Morgan fingerprint density at radius 3 is 2.68 bits per heavy atom. The number of alkyl halides is 3. The van der Waals surface area contributed by atoms with Crippen LogP contribution in [0, 0.1) is 0 Å². The molecule has 3 atom stereocenters. The normalized spacial score (nSPS) is 26.2. The van der Waals surface area contributed by atoms with Gasteiger partial charge >= 0.3 is 6.18 Å². The Labute approximate surface area is 118 Å². The van der Waals surface area contributed by atoms with Gasteiger partial charge in [0.1, 0.15) is 0 Å². The van der Waals surface area contributed by atoms with E-state index in [1.54, 1.807) is 11.8 Å². The fourth-order valence-corrected chi connectivity index (χ4v) is 4.90. The van der Waals surface area contributed by atoms with Gasteiger partial charge in [0, 0.05) is 40.0 Å². The molecule has 19 heavy (non-hydrogen) atoms. The predicted octanol–water partition coefficient (Wildman–Crippen LogP) is 3.37. The highest BCUT2D eigenvalue weighted by Crippen LogP contribution is 2.42. The number of rotatable bonds is 2. The Morgan fingerprint density at radius 1 is 1.37 bits per heavy atom. The third-order valence-corrected chi connectivity index (χ3v) is 6.20. The molecule has 0 aliphatic carbocycles. The second-order valence-electron chi connectivity index (χ2n) is 4.32. The molecular weight excluding hydrogens is 295 g/mol. The van der Waals surface area contributed by atoms with E-state index >= 15 is 0 Å². The first-order valence-corrected chi connectivity index (χ1v) is 7.93. The number of aliphatic hydroxyl groups is 1. The van der Waals surface area contributed by atoms with E-state index in [-0.39, 0.29) is 16.1 Å². The van der Waals surface area contributed by atoms with Crippen LogP contribution in [0.1, 0.15) is 24.2 Å². The van der Waals surface area contributed by atoms with Crippen molar-refractivity contribution in [3.63, 3.8) is 0 Å². The molecule has 1 fully saturated rings. The summed E-state index contributed by atoms with van der Waals surface area (Å²) in [5.74, 6) is 1.81. The van der Waals surface area contributed by atoms with Gasteiger partial charge in [0.25, 0.3) is 0 Å². The van der Waals surface area contributed by atoms with E-state index in [0.717, 1.165) is 30.0 Å². The lowest BCUT2D eigenvalue weighted by Gasteiger charge is -2.32. The van der Waals surface area contributed by atoms with E-state index in [1.165, 1.54) is 11.8 Å². The molecule has 1 aromatic rings. The number of hydrogen-bond acceptors (Lipinski definition) is 4. The lowest BCUT2D eigenvalue weighted by atomic mass is 10.0. The number of aliphatic hydroxyl groups excluding tert-OH is 1. The molecule has 0 radical (unpaired) electrons. The number of halogens is 3. The second-order valence-corrected chi connectivity index (χ2v) is 7.09. The summed E-state index contributed by atoms with van der Waals surface area (Å²) in [5, 5.41) is 10.2. The molecule has 0 amide bonds. The number of aromatic nitrogens is 1. The maximum atomic E-state index is 12.9. The van der Waals surface area contributed by atoms with Gasteiger partial charge in [-0.25, -0.2) is 0 Å². The Morgan fingerprint density at radius 2 is 2.05 bits per heavy atom.